The number of hydrazine groups is 1. The van der Waals surface area contributed by atoms with Crippen LogP contribution in [0.2, 0.25) is 0 Å². The normalized spacial score (nSPS) is 11.4. The maximum absolute atomic E-state index is 11.4. The summed E-state index contributed by atoms with van der Waals surface area (Å²) in [6.45, 7) is 5.82. The van der Waals surface area contributed by atoms with Gasteiger partial charge in [-0.25, -0.2) is 15.6 Å². The van der Waals surface area contributed by atoms with Crippen molar-refractivity contribution < 1.29 is 9.53 Å². The highest BCUT2D eigenvalue weighted by Crippen LogP contribution is 2.06. The van der Waals surface area contributed by atoms with Crippen molar-refractivity contribution >= 4 is 18.0 Å². The van der Waals surface area contributed by atoms with E-state index in [2.05, 4.69) is 15.7 Å². The molecule has 0 unspecified atom stereocenters. The maximum atomic E-state index is 11.4. The number of nitrogens with two attached hydrogens (primary N) is 1. The summed E-state index contributed by atoms with van der Waals surface area (Å²) in [5.74, 6) is 5.85. The third-order valence-electron chi connectivity index (χ3n) is 1.97. The quantitative estimate of drug-likeness (QED) is 0.571. The molecule has 0 saturated heterocycles. The Labute approximate surface area is 113 Å². The molecule has 6 nitrogen and oxygen atoms in total. The summed E-state index contributed by atoms with van der Waals surface area (Å²) in [5.41, 5.74) is 2.73. The Kier molecular flexibility index (Phi) is 5.32. The van der Waals surface area contributed by atoms with Gasteiger partial charge in [-0.2, -0.15) is 0 Å². The number of nitrogen functional groups attached to an aromatic ring is 1. The van der Waals surface area contributed by atoms with Crippen LogP contribution in [0, 0.1) is 0 Å². The fourth-order valence-corrected chi connectivity index (χ4v) is 1.26. The van der Waals surface area contributed by atoms with Gasteiger partial charge in [-0.1, -0.05) is 12.1 Å². The van der Waals surface area contributed by atoms with Gasteiger partial charge in [-0.3, -0.25) is 0 Å². The molecule has 1 aromatic heterocycles. The minimum Gasteiger partial charge on any atom is -0.444 e. The van der Waals surface area contributed by atoms with Gasteiger partial charge in [0.2, 0.25) is 0 Å². The summed E-state index contributed by atoms with van der Waals surface area (Å²) in [4.78, 5) is 15.6. The van der Waals surface area contributed by atoms with E-state index in [1.165, 1.54) is 0 Å². The molecule has 0 aliphatic rings. The van der Waals surface area contributed by atoms with Crippen LogP contribution in [0.25, 0.3) is 6.08 Å². The van der Waals surface area contributed by atoms with Gasteiger partial charge < -0.3 is 15.5 Å². The molecule has 1 amide bonds. The lowest BCUT2D eigenvalue weighted by atomic mass is 10.2. The van der Waals surface area contributed by atoms with Crippen LogP contribution in [-0.2, 0) is 4.74 Å². The fraction of sp³-hybridized carbons (Fsp3) is 0.385. The van der Waals surface area contributed by atoms with Crippen molar-refractivity contribution in [1.82, 2.24) is 10.3 Å². The van der Waals surface area contributed by atoms with E-state index in [-0.39, 0.29) is 0 Å². The van der Waals surface area contributed by atoms with Crippen LogP contribution in [0.4, 0.5) is 10.6 Å². The fourth-order valence-electron chi connectivity index (χ4n) is 1.26. The number of rotatable bonds is 4. The minimum absolute atomic E-state index is 0.372. The zero-order valence-corrected chi connectivity index (χ0v) is 11.4. The molecule has 0 bridgehead atoms. The lowest BCUT2D eigenvalue weighted by Crippen LogP contribution is -2.32. The topological polar surface area (TPSA) is 89.3 Å². The minimum atomic E-state index is -0.490. The number of carbonyl (C=O) groups is 1. The van der Waals surface area contributed by atoms with Gasteiger partial charge >= 0.3 is 6.09 Å². The van der Waals surface area contributed by atoms with Crippen LogP contribution < -0.4 is 16.6 Å². The Balaban J connectivity index is 2.40. The highest BCUT2D eigenvalue weighted by Gasteiger charge is 2.14. The molecule has 0 spiro atoms. The molecule has 0 aromatic carbocycles. The van der Waals surface area contributed by atoms with E-state index < -0.39 is 11.7 Å². The van der Waals surface area contributed by atoms with E-state index in [1.807, 2.05) is 32.9 Å². The van der Waals surface area contributed by atoms with E-state index >= 15 is 0 Å². The molecule has 19 heavy (non-hydrogen) atoms. The first-order chi connectivity index (χ1) is 8.90. The number of pyridine rings is 1. The number of carbonyl (C=O) groups excluding carboxylic acids is 1. The van der Waals surface area contributed by atoms with Gasteiger partial charge in [0, 0.05) is 6.54 Å². The second kappa shape index (κ2) is 6.75. The lowest BCUT2D eigenvalue weighted by Gasteiger charge is -2.19. The molecular formula is C13H20N4O2. The second-order valence-corrected chi connectivity index (χ2v) is 4.88. The second-order valence-electron chi connectivity index (χ2n) is 4.88. The van der Waals surface area contributed by atoms with Gasteiger partial charge in [0.1, 0.15) is 11.4 Å². The van der Waals surface area contributed by atoms with Crippen LogP contribution >= 0.6 is 0 Å². The Morgan fingerprint density at radius 1 is 1.47 bits per heavy atom. The number of hydrogen-bond acceptors (Lipinski definition) is 5. The van der Waals surface area contributed by atoms with Gasteiger partial charge in [-0.05, 0) is 39.0 Å². The third kappa shape index (κ3) is 6.42. The molecule has 1 aromatic rings. The number of amides is 1. The number of aromatic nitrogens is 1. The van der Waals surface area contributed by atoms with Crippen LogP contribution in [-0.4, -0.2) is 23.2 Å². The molecule has 4 N–H and O–H groups in total. The van der Waals surface area contributed by atoms with Gasteiger partial charge in [-0.15, -0.1) is 0 Å². The first-order valence-corrected chi connectivity index (χ1v) is 5.98. The summed E-state index contributed by atoms with van der Waals surface area (Å²) in [7, 11) is 0. The largest absolute Gasteiger partial charge is 0.444 e. The summed E-state index contributed by atoms with van der Waals surface area (Å²) in [5, 5.41) is 2.62. The molecule has 0 atom stereocenters. The molecule has 0 aliphatic carbocycles. The van der Waals surface area contributed by atoms with E-state index in [0.717, 1.165) is 5.69 Å². The highest BCUT2D eigenvalue weighted by atomic mass is 16.6. The average Bonchev–Trinajstić information content (AvgIpc) is 2.33. The molecular weight excluding hydrogens is 244 g/mol. The first-order valence-electron chi connectivity index (χ1n) is 5.98. The molecule has 0 radical (unpaired) electrons. The monoisotopic (exact) mass is 264 g/mol. The molecule has 1 rings (SSSR count). The van der Waals surface area contributed by atoms with Crippen molar-refractivity contribution in [2.45, 2.75) is 26.4 Å². The van der Waals surface area contributed by atoms with Gasteiger partial charge in [0.25, 0.3) is 0 Å². The number of nitrogens with zero attached hydrogens (tertiary/aromatic N) is 1. The summed E-state index contributed by atoms with van der Waals surface area (Å²) in [6, 6.07) is 5.43. The predicted molar refractivity (Wildman–Crippen MR) is 75.3 cm³/mol. The van der Waals surface area contributed by atoms with E-state index in [9.17, 15) is 4.79 Å². The Morgan fingerprint density at radius 2 is 2.21 bits per heavy atom. The number of anilines is 1. The lowest BCUT2D eigenvalue weighted by molar-refractivity contribution is 0.0534. The van der Waals surface area contributed by atoms with Crippen LogP contribution in [0.1, 0.15) is 26.5 Å². The number of nitrogens with one attached hydrogen (secondary N) is 2. The van der Waals surface area contributed by atoms with Gasteiger partial charge in [0.05, 0.1) is 5.69 Å². The zero-order chi connectivity index (χ0) is 14.3. The third-order valence-corrected chi connectivity index (χ3v) is 1.97. The maximum Gasteiger partial charge on any atom is 0.407 e. The SMILES string of the molecule is CC(C)(C)OC(=O)NCC=Cc1cccc(NN)n1. The molecule has 104 valence electrons. The van der Waals surface area contributed by atoms with Crippen molar-refractivity contribution in [3.05, 3.63) is 30.0 Å². The molecule has 0 aliphatic heterocycles. The van der Waals surface area contributed by atoms with Crippen molar-refractivity contribution in [3.8, 4) is 0 Å². The van der Waals surface area contributed by atoms with Crippen molar-refractivity contribution in [2.24, 2.45) is 5.84 Å². The van der Waals surface area contributed by atoms with Crippen molar-refractivity contribution in [3.63, 3.8) is 0 Å². The van der Waals surface area contributed by atoms with Crippen LogP contribution in [0.15, 0.2) is 24.3 Å². The summed E-state index contributed by atoms with van der Waals surface area (Å²) in [6.07, 6.45) is 3.13. The molecule has 0 fully saturated rings. The van der Waals surface area contributed by atoms with Crippen molar-refractivity contribution in [2.75, 3.05) is 12.0 Å². The smallest absolute Gasteiger partial charge is 0.407 e. The van der Waals surface area contributed by atoms with Crippen LogP contribution in [0.5, 0.6) is 0 Å². The summed E-state index contributed by atoms with van der Waals surface area (Å²) >= 11 is 0. The first kappa shape index (κ1) is 15.0. The number of alkyl carbamates (subject to hydrolysis) is 1. The number of hydrogen-bond donors (Lipinski definition) is 3. The highest BCUT2D eigenvalue weighted by molar-refractivity contribution is 5.68. The van der Waals surface area contributed by atoms with Gasteiger partial charge in [0.15, 0.2) is 0 Å². The zero-order valence-electron chi connectivity index (χ0n) is 11.4. The predicted octanol–water partition coefficient (Wildman–Crippen LogP) is 1.91. The summed E-state index contributed by atoms with van der Waals surface area (Å²) < 4.78 is 5.10. The van der Waals surface area contributed by atoms with E-state index in [1.54, 1.807) is 18.2 Å². The van der Waals surface area contributed by atoms with E-state index in [4.69, 9.17) is 10.6 Å². The Morgan fingerprint density at radius 3 is 2.84 bits per heavy atom. The van der Waals surface area contributed by atoms with Crippen molar-refractivity contribution in [1.29, 1.82) is 0 Å². The molecule has 6 heteroatoms. The Bertz CT molecular complexity index is 452. The van der Waals surface area contributed by atoms with Crippen LogP contribution in [0.3, 0.4) is 0 Å². The Hall–Kier alpha value is -2.08. The van der Waals surface area contributed by atoms with E-state index in [0.29, 0.717) is 12.4 Å². The standard InChI is InChI=1S/C13H20N4O2/c1-13(2,3)19-12(18)15-9-5-7-10-6-4-8-11(16-10)17-14/h4-8H,9,14H2,1-3H3,(H,15,18)(H,16,17). The average molecular weight is 264 g/mol. The molecule has 0 saturated carbocycles. The number of ether oxygens (including phenoxy) is 1. The molecule has 1 heterocycles.